The number of rotatable bonds is 6. The summed E-state index contributed by atoms with van der Waals surface area (Å²) in [5.41, 5.74) is 2.30. The van der Waals surface area contributed by atoms with Crippen LogP contribution in [0, 0.1) is 6.92 Å². The van der Waals surface area contributed by atoms with Crippen molar-refractivity contribution in [2.24, 2.45) is 0 Å². The van der Waals surface area contributed by atoms with Crippen LogP contribution in [0.3, 0.4) is 0 Å². The molecular weight excluding hydrogens is 408 g/mol. The summed E-state index contributed by atoms with van der Waals surface area (Å²) in [6, 6.07) is 11.9. The van der Waals surface area contributed by atoms with Crippen LogP contribution in [0.25, 0.3) is 11.0 Å². The Bertz CT molecular complexity index is 1250. The lowest BCUT2D eigenvalue weighted by Crippen LogP contribution is -2.20. The number of nitrogens with zero attached hydrogens (tertiary/aromatic N) is 3. The maximum atomic E-state index is 12.2. The molecule has 0 atom stereocenters. The summed E-state index contributed by atoms with van der Waals surface area (Å²) in [5.74, 6) is -0.0860. The zero-order valence-electron chi connectivity index (χ0n) is 16.0. The van der Waals surface area contributed by atoms with Gasteiger partial charge in [0.1, 0.15) is 24.0 Å². The van der Waals surface area contributed by atoms with Gasteiger partial charge in [0.2, 0.25) is 0 Å². The van der Waals surface area contributed by atoms with Crippen molar-refractivity contribution < 1.29 is 13.9 Å². The molecule has 152 valence electrons. The molecular formula is C21H17ClN4O4. The SMILES string of the molecule is Cc1cc(=O)oc2cc(OCC(=O)Nc3ccc(Cn4cncn4)cc3)c(Cl)cc12. The number of hydrogen-bond acceptors (Lipinski definition) is 6. The van der Waals surface area contributed by atoms with Crippen LogP contribution in [0.4, 0.5) is 5.69 Å². The Morgan fingerprint density at radius 3 is 2.77 bits per heavy atom. The highest BCUT2D eigenvalue weighted by atomic mass is 35.5. The van der Waals surface area contributed by atoms with Crippen molar-refractivity contribution >= 4 is 34.2 Å². The Balaban J connectivity index is 1.39. The standard InChI is InChI=1S/C21H17ClN4O4/c1-13-6-21(28)30-18-8-19(17(22)7-16(13)18)29-10-20(27)25-15-4-2-14(3-5-15)9-26-12-23-11-24-26/h2-8,11-12H,9-10H2,1H3,(H,25,27). The molecule has 2 aromatic heterocycles. The molecule has 0 radical (unpaired) electrons. The van der Waals surface area contributed by atoms with E-state index < -0.39 is 5.63 Å². The quantitative estimate of drug-likeness (QED) is 0.476. The fourth-order valence-corrected chi connectivity index (χ4v) is 3.18. The van der Waals surface area contributed by atoms with Crippen LogP contribution < -0.4 is 15.7 Å². The van der Waals surface area contributed by atoms with E-state index in [1.807, 2.05) is 12.1 Å². The summed E-state index contributed by atoms with van der Waals surface area (Å²) in [5, 5.41) is 7.85. The van der Waals surface area contributed by atoms with E-state index in [1.54, 1.807) is 36.1 Å². The molecule has 8 nitrogen and oxygen atoms in total. The minimum atomic E-state index is -0.460. The predicted octanol–water partition coefficient (Wildman–Crippen LogP) is 3.41. The number of fused-ring (bicyclic) bond motifs is 1. The lowest BCUT2D eigenvalue weighted by molar-refractivity contribution is -0.118. The van der Waals surface area contributed by atoms with Gasteiger partial charge in [-0.1, -0.05) is 23.7 Å². The molecule has 0 bridgehead atoms. The molecule has 0 spiro atoms. The maximum Gasteiger partial charge on any atom is 0.336 e. The molecule has 1 N–H and O–H groups in total. The first-order valence-corrected chi connectivity index (χ1v) is 9.44. The Hall–Kier alpha value is -3.65. The number of benzene rings is 2. The van der Waals surface area contributed by atoms with E-state index in [9.17, 15) is 9.59 Å². The van der Waals surface area contributed by atoms with E-state index in [0.717, 1.165) is 11.1 Å². The number of hydrogen-bond donors (Lipinski definition) is 1. The number of carbonyl (C=O) groups excluding carboxylic acids is 1. The summed E-state index contributed by atoms with van der Waals surface area (Å²) in [4.78, 5) is 27.7. The number of aromatic nitrogens is 3. The van der Waals surface area contributed by atoms with E-state index in [2.05, 4.69) is 15.4 Å². The molecule has 0 saturated carbocycles. The Morgan fingerprint density at radius 1 is 1.23 bits per heavy atom. The highest BCUT2D eigenvalue weighted by Crippen LogP contribution is 2.31. The fraction of sp³-hybridized carbons (Fsp3) is 0.143. The zero-order valence-corrected chi connectivity index (χ0v) is 16.7. The molecule has 0 aliphatic heterocycles. The van der Waals surface area contributed by atoms with Crippen molar-refractivity contribution in [2.75, 3.05) is 11.9 Å². The van der Waals surface area contributed by atoms with Crippen molar-refractivity contribution in [3.8, 4) is 5.75 Å². The molecule has 0 unspecified atom stereocenters. The summed E-state index contributed by atoms with van der Waals surface area (Å²) in [6.07, 6.45) is 3.11. The van der Waals surface area contributed by atoms with Gasteiger partial charge in [-0.05, 0) is 36.2 Å². The highest BCUT2D eigenvalue weighted by molar-refractivity contribution is 6.32. The third kappa shape index (κ3) is 4.49. The average molecular weight is 425 g/mol. The van der Waals surface area contributed by atoms with Crippen molar-refractivity contribution in [1.29, 1.82) is 0 Å². The van der Waals surface area contributed by atoms with Crippen molar-refractivity contribution in [3.63, 3.8) is 0 Å². The molecule has 4 aromatic rings. The maximum absolute atomic E-state index is 12.2. The van der Waals surface area contributed by atoms with Gasteiger partial charge >= 0.3 is 5.63 Å². The number of aryl methyl sites for hydroxylation is 1. The lowest BCUT2D eigenvalue weighted by Gasteiger charge is -2.10. The normalized spacial score (nSPS) is 10.9. The van der Waals surface area contributed by atoms with Crippen LogP contribution in [-0.4, -0.2) is 27.3 Å². The van der Waals surface area contributed by atoms with Gasteiger partial charge in [-0.15, -0.1) is 0 Å². The van der Waals surface area contributed by atoms with Gasteiger partial charge in [-0.25, -0.2) is 14.5 Å². The van der Waals surface area contributed by atoms with Crippen LogP contribution in [-0.2, 0) is 11.3 Å². The molecule has 0 aliphatic carbocycles. The van der Waals surface area contributed by atoms with Crippen LogP contribution in [0.2, 0.25) is 5.02 Å². The van der Waals surface area contributed by atoms with Gasteiger partial charge in [-0.3, -0.25) is 4.79 Å². The molecule has 2 aromatic carbocycles. The minimum Gasteiger partial charge on any atom is -0.482 e. The van der Waals surface area contributed by atoms with Crippen LogP contribution >= 0.6 is 11.6 Å². The average Bonchev–Trinajstić information content (AvgIpc) is 3.22. The summed E-state index contributed by atoms with van der Waals surface area (Å²) in [7, 11) is 0. The second kappa shape index (κ2) is 8.38. The summed E-state index contributed by atoms with van der Waals surface area (Å²) in [6.45, 7) is 2.14. The van der Waals surface area contributed by atoms with Gasteiger partial charge < -0.3 is 14.5 Å². The van der Waals surface area contributed by atoms with Crippen molar-refractivity contribution in [3.05, 3.63) is 81.7 Å². The molecule has 4 rings (SSSR count). The monoisotopic (exact) mass is 424 g/mol. The van der Waals surface area contributed by atoms with Crippen LogP contribution in [0.15, 0.2) is 64.3 Å². The van der Waals surface area contributed by atoms with E-state index >= 15 is 0 Å². The second-order valence-electron chi connectivity index (χ2n) is 6.65. The number of amides is 1. The van der Waals surface area contributed by atoms with Gasteiger partial charge in [0.05, 0.1) is 11.6 Å². The zero-order chi connectivity index (χ0) is 21.1. The van der Waals surface area contributed by atoms with Crippen LogP contribution in [0.1, 0.15) is 11.1 Å². The smallest absolute Gasteiger partial charge is 0.336 e. The van der Waals surface area contributed by atoms with E-state index in [1.165, 1.54) is 18.5 Å². The Morgan fingerprint density at radius 2 is 2.03 bits per heavy atom. The highest BCUT2D eigenvalue weighted by Gasteiger charge is 2.11. The number of nitrogens with one attached hydrogen (secondary N) is 1. The number of halogens is 1. The molecule has 0 saturated heterocycles. The summed E-state index contributed by atoms with van der Waals surface area (Å²) < 4.78 is 12.4. The first-order chi connectivity index (χ1) is 14.5. The third-order valence-corrected chi connectivity index (χ3v) is 4.71. The largest absolute Gasteiger partial charge is 0.482 e. The molecule has 9 heteroatoms. The van der Waals surface area contributed by atoms with Gasteiger partial charge in [0.15, 0.2) is 6.61 Å². The first-order valence-electron chi connectivity index (χ1n) is 9.06. The molecule has 30 heavy (non-hydrogen) atoms. The van der Waals surface area contributed by atoms with E-state index in [-0.39, 0.29) is 18.3 Å². The molecule has 0 fully saturated rings. The number of carbonyl (C=O) groups is 1. The lowest BCUT2D eigenvalue weighted by atomic mass is 10.1. The predicted molar refractivity (Wildman–Crippen MR) is 112 cm³/mol. The van der Waals surface area contributed by atoms with Crippen molar-refractivity contribution in [1.82, 2.24) is 14.8 Å². The fourth-order valence-electron chi connectivity index (χ4n) is 2.97. The molecule has 2 heterocycles. The van der Waals surface area contributed by atoms with E-state index in [0.29, 0.717) is 28.2 Å². The van der Waals surface area contributed by atoms with E-state index in [4.69, 9.17) is 20.8 Å². The number of ether oxygens (including phenoxy) is 1. The minimum absolute atomic E-state index is 0.248. The van der Waals surface area contributed by atoms with Gasteiger partial charge in [0.25, 0.3) is 5.91 Å². The van der Waals surface area contributed by atoms with Crippen LogP contribution in [0.5, 0.6) is 5.75 Å². The molecule has 0 aliphatic rings. The number of anilines is 1. The third-order valence-electron chi connectivity index (χ3n) is 4.41. The van der Waals surface area contributed by atoms with Gasteiger partial charge in [0, 0.05) is 23.2 Å². The molecule has 1 amide bonds. The Labute approximate surface area is 176 Å². The van der Waals surface area contributed by atoms with Crippen molar-refractivity contribution in [2.45, 2.75) is 13.5 Å². The first kappa shape index (κ1) is 19.7. The van der Waals surface area contributed by atoms with Gasteiger partial charge in [-0.2, -0.15) is 5.10 Å². The topological polar surface area (TPSA) is 99.2 Å². The summed E-state index contributed by atoms with van der Waals surface area (Å²) >= 11 is 6.25. The Kier molecular flexibility index (Phi) is 5.49. The second-order valence-corrected chi connectivity index (χ2v) is 7.06.